The summed E-state index contributed by atoms with van der Waals surface area (Å²) in [6.07, 6.45) is 9.45. The van der Waals surface area contributed by atoms with E-state index in [-0.39, 0.29) is 24.0 Å². The van der Waals surface area contributed by atoms with Crippen molar-refractivity contribution >= 4 is 29.9 Å². The van der Waals surface area contributed by atoms with Crippen molar-refractivity contribution in [3.63, 3.8) is 0 Å². The summed E-state index contributed by atoms with van der Waals surface area (Å²) in [6.45, 7) is 6.62. The summed E-state index contributed by atoms with van der Waals surface area (Å²) in [5, 5.41) is 7.18. The average Bonchev–Trinajstić information content (AvgIpc) is 3.26. The third kappa shape index (κ3) is 4.10. The molecule has 3 atom stereocenters. The van der Waals surface area contributed by atoms with Gasteiger partial charge in [0.05, 0.1) is 6.10 Å². The molecule has 1 aliphatic heterocycles. The fourth-order valence-corrected chi connectivity index (χ4v) is 4.82. The normalized spacial score (nSPS) is 32.4. The van der Waals surface area contributed by atoms with Crippen LogP contribution < -0.4 is 10.6 Å². The van der Waals surface area contributed by atoms with Crippen LogP contribution in [-0.2, 0) is 9.47 Å². The van der Waals surface area contributed by atoms with E-state index in [9.17, 15) is 0 Å². The van der Waals surface area contributed by atoms with E-state index in [4.69, 9.17) is 14.5 Å². The molecule has 1 heterocycles. The summed E-state index contributed by atoms with van der Waals surface area (Å²) in [5.41, 5.74) is 0.407. The van der Waals surface area contributed by atoms with Crippen molar-refractivity contribution in [3.8, 4) is 0 Å². The molecule has 2 N–H and O–H groups in total. The van der Waals surface area contributed by atoms with Gasteiger partial charge >= 0.3 is 0 Å². The number of guanidine groups is 1. The van der Waals surface area contributed by atoms with Crippen LogP contribution in [0.15, 0.2) is 4.99 Å². The predicted octanol–water partition coefficient (Wildman–Crippen LogP) is 2.93. The lowest BCUT2D eigenvalue weighted by Crippen LogP contribution is -2.72. The minimum atomic E-state index is 0. The number of hydrogen-bond donors (Lipinski definition) is 2. The van der Waals surface area contributed by atoms with Gasteiger partial charge in [0.25, 0.3) is 0 Å². The number of rotatable bonds is 8. The van der Waals surface area contributed by atoms with Gasteiger partial charge in [0, 0.05) is 50.3 Å². The van der Waals surface area contributed by atoms with Gasteiger partial charge in [0.1, 0.15) is 0 Å². The molecule has 6 heteroatoms. The highest BCUT2D eigenvalue weighted by atomic mass is 127. The minimum Gasteiger partial charge on any atom is -0.381 e. The van der Waals surface area contributed by atoms with E-state index >= 15 is 0 Å². The van der Waals surface area contributed by atoms with E-state index < -0.39 is 0 Å². The molecule has 4 aliphatic rings. The second-order valence-electron chi connectivity index (χ2n) is 8.09. The van der Waals surface area contributed by atoms with Crippen LogP contribution in [-0.4, -0.2) is 51.0 Å². The molecule has 0 radical (unpaired) electrons. The zero-order chi connectivity index (χ0) is 16.4. The number of nitrogens with one attached hydrogen (secondary N) is 2. The Morgan fingerprint density at radius 1 is 1.28 bits per heavy atom. The summed E-state index contributed by atoms with van der Waals surface area (Å²) >= 11 is 0. The van der Waals surface area contributed by atoms with Gasteiger partial charge in [-0.05, 0) is 51.4 Å². The Balaban J connectivity index is 0.00000182. The lowest BCUT2D eigenvalue weighted by molar-refractivity contribution is -0.171. The molecule has 0 aromatic carbocycles. The van der Waals surface area contributed by atoms with E-state index in [1.54, 1.807) is 0 Å². The fourth-order valence-electron chi connectivity index (χ4n) is 4.82. The van der Waals surface area contributed by atoms with Gasteiger partial charge in [-0.25, -0.2) is 0 Å². The predicted molar refractivity (Wildman–Crippen MR) is 111 cm³/mol. The molecule has 3 aliphatic carbocycles. The SMILES string of the molecule is CCNC(=NCCCOCC1CC1)NC1C2CCOC2C12CCC2.I. The molecule has 0 aromatic heterocycles. The van der Waals surface area contributed by atoms with Crippen LogP contribution in [0.4, 0.5) is 0 Å². The van der Waals surface area contributed by atoms with Crippen LogP contribution in [0.25, 0.3) is 0 Å². The number of nitrogens with zero attached hydrogens (tertiary/aromatic N) is 1. The van der Waals surface area contributed by atoms with Crippen LogP contribution in [0.2, 0.25) is 0 Å². The second kappa shape index (κ2) is 8.74. The first-order valence-corrected chi connectivity index (χ1v) is 10.1. The lowest BCUT2D eigenvalue weighted by atomic mass is 9.46. The number of fused-ring (bicyclic) bond motifs is 2. The van der Waals surface area contributed by atoms with Gasteiger partial charge < -0.3 is 20.1 Å². The monoisotopic (exact) mass is 463 g/mol. The molecule has 4 rings (SSSR count). The first-order valence-electron chi connectivity index (χ1n) is 10.1. The van der Waals surface area contributed by atoms with Crippen LogP contribution in [0.5, 0.6) is 0 Å². The van der Waals surface area contributed by atoms with E-state index in [2.05, 4.69) is 17.6 Å². The zero-order valence-corrected chi connectivity index (χ0v) is 17.8. The van der Waals surface area contributed by atoms with Gasteiger partial charge in [-0.1, -0.05) is 6.42 Å². The maximum atomic E-state index is 6.01. The summed E-state index contributed by atoms with van der Waals surface area (Å²) in [4.78, 5) is 4.78. The van der Waals surface area contributed by atoms with E-state index in [1.165, 1.54) is 38.5 Å². The maximum Gasteiger partial charge on any atom is 0.191 e. The highest BCUT2D eigenvalue weighted by Crippen LogP contribution is 2.62. The van der Waals surface area contributed by atoms with Gasteiger partial charge in [-0.15, -0.1) is 24.0 Å². The van der Waals surface area contributed by atoms with Crippen molar-refractivity contribution in [2.45, 2.75) is 64.0 Å². The average molecular weight is 463 g/mol. The van der Waals surface area contributed by atoms with Crippen molar-refractivity contribution in [2.75, 3.05) is 32.9 Å². The molecular formula is C19H34IN3O2. The van der Waals surface area contributed by atoms with Gasteiger partial charge in [0.2, 0.25) is 0 Å². The molecular weight excluding hydrogens is 429 g/mol. The molecule has 144 valence electrons. The summed E-state index contributed by atoms with van der Waals surface area (Å²) in [6, 6.07) is 0.558. The maximum absolute atomic E-state index is 6.01. The molecule has 3 saturated carbocycles. The van der Waals surface area contributed by atoms with Gasteiger partial charge in [-0.3, -0.25) is 4.99 Å². The Kier molecular flexibility index (Phi) is 6.88. The van der Waals surface area contributed by atoms with Gasteiger partial charge in [-0.2, -0.15) is 0 Å². The van der Waals surface area contributed by atoms with E-state index in [0.29, 0.717) is 23.5 Å². The third-order valence-corrected chi connectivity index (χ3v) is 6.44. The van der Waals surface area contributed by atoms with Crippen LogP contribution in [0, 0.1) is 17.3 Å². The van der Waals surface area contributed by atoms with Crippen molar-refractivity contribution < 1.29 is 9.47 Å². The summed E-state index contributed by atoms with van der Waals surface area (Å²) in [5.74, 6) is 2.53. The number of aliphatic imine (C=N–C) groups is 1. The topological polar surface area (TPSA) is 54.9 Å². The highest BCUT2D eigenvalue weighted by molar-refractivity contribution is 14.0. The van der Waals surface area contributed by atoms with Crippen molar-refractivity contribution in [3.05, 3.63) is 0 Å². The van der Waals surface area contributed by atoms with Crippen molar-refractivity contribution in [1.29, 1.82) is 0 Å². The van der Waals surface area contributed by atoms with E-state index in [1.807, 2.05) is 0 Å². The second-order valence-corrected chi connectivity index (χ2v) is 8.09. The van der Waals surface area contributed by atoms with Crippen LogP contribution in [0.3, 0.4) is 0 Å². The van der Waals surface area contributed by atoms with Gasteiger partial charge in [0.15, 0.2) is 5.96 Å². The molecule has 5 nitrogen and oxygen atoms in total. The molecule has 1 saturated heterocycles. The third-order valence-electron chi connectivity index (χ3n) is 6.44. The number of hydrogen-bond acceptors (Lipinski definition) is 3. The summed E-state index contributed by atoms with van der Waals surface area (Å²) in [7, 11) is 0. The largest absolute Gasteiger partial charge is 0.381 e. The fraction of sp³-hybridized carbons (Fsp3) is 0.947. The molecule has 0 amide bonds. The number of ether oxygens (including phenoxy) is 2. The summed E-state index contributed by atoms with van der Waals surface area (Å²) < 4.78 is 11.7. The van der Waals surface area contributed by atoms with Crippen LogP contribution >= 0.6 is 24.0 Å². The standard InChI is InChI=1S/C19H33N3O2.HI/c1-2-20-18(21-10-4-11-23-13-14-5-6-14)22-16-15-7-12-24-17(15)19(16)8-3-9-19;/h14-17H,2-13H2,1H3,(H2,20,21,22);1H. The van der Waals surface area contributed by atoms with Crippen molar-refractivity contribution in [1.82, 2.24) is 10.6 Å². The zero-order valence-electron chi connectivity index (χ0n) is 15.5. The smallest absolute Gasteiger partial charge is 0.191 e. The lowest BCUT2D eigenvalue weighted by Gasteiger charge is -2.63. The molecule has 0 bridgehead atoms. The Bertz CT molecular complexity index is 466. The van der Waals surface area contributed by atoms with Crippen LogP contribution in [0.1, 0.15) is 51.9 Å². The first kappa shape index (κ1) is 19.7. The Hall–Kier alpha value is -0.0800. The first-order chi connectivity index (χ1) is 11.8. The molecule has 4 fully saturated rings. The Morgan fingerprint density at radius 3 is 2.80 bits per heavy atom. The molecule has 3 unspecified atom stereocenters. The number of halogens is 1. The Morgan fingerprint density at radius 2 is 2.12 bits per heavy atom. The van der Waals surface area contributed by atoms with E-state index in [0.717, 1.165) is 51.2 Å². The minimum absolute atomic E-state index is 0. The molecule has 0 aromatic rings. The highest BCUT2D eigenvalue weighted by Gasteiger charge is 2.66. The quantitative estimate of drug-likeness (QED) is 0.252. The Labute approximate surface area is 169 Å². The van der Waals surface area contributed by atoms with Crippen molar-refractivity contribution in [2.24, 2.45) is 22.2 Å². The molecule has 25 heavy (non-hydrogen) atoms. The molecule has 1 spiro atoms.